The number of cyclic esters (lactones) is 2. The molecular formula is C18H14O8. The van der Waals surface area contributed by atoms with Crippen LogP contribution in [0.1, 0.15) is 54.3 Å². The Bertz CT molecular complexity index is 944. The highest BCUT2D eigenvalue weighted by atomic mass is 16.5. The van der Waals surface area contributed by atoms with Gasteiger partial charge in [0.2, 0.25) is 0 Å². The van der Waals surface area contributed by atoms with Crippen molar-refractivity contribution in [2.75, 3.05) is 13.2 Å². The maximum Gasteiger partial charge on any atom is 0.339 e. The second kappa shape index (κ2) is 6.83. The number of carboxylic acids is 2. The minimum Gasteiger partial charge on any atom is -0.478 e. The summed E-state index contributed by atoms with van der Waals surface area (Å²) in [5.41, 5.74) is -2.25. The summed E-state index contributed by atoms with van der Waals surface area (Å²) in [6.07, 6.45) is 0.904. The largest absolute Gasteiger partial charge is 0.478 e. The molecule has 2 N–H and O–H groups in total. The molecule has 2 aromatic rings. The van der Waals surface area contributed by atoms with Crippen molar-refractivity contribution in [3.8, 4) is 0 Å². The van der Waals surface area contributed by atoms with Crippen LogP contribution in [0.25, 0.3) is 10.8 Å². The van der Waals surface area contributed by atoms with E-state index >= 15 is 0 Å². The van der Waals surface area contributed by atoms with Crippen molar-refractivity contribution in [1.29, 1.82) is 0 Å². The smallest absolute Gasteiger partial charge is 0.339 e. The third-order valence-corrected chi connectivity index (χ3v) is 4.06. The number of ether oxygens (including phenoxy) is 2. The molecule has 0 amide bonds. The molecular weight excluding hydrogens is 344 g/mol. The van der Waals surface area contributed by atoms with Gasteiger partial charge in [-0.25, -0.2) is 19.2 Å². The number of rotatable bonds is 2. The van der Waals surface area contributed by atoms with Gasteiger partial charge in [-0.1, -0.05) is 24.3 Å². The Morgan fingerprint density at radius 3 is 1.81 bits per heavy atom. The summed E-state index contributed by atoms with van der Waals surface area (Å²) in [6, 6.07) is 5.87. The summed E-state index contributed by atoms with van der Waals surface area (Å²) < 4.78 is 10.2. The molecule has 0 spiro atoms. The molecule has 2 aromatic carbocycles. The van der Waals surface area contributed by atoms with Gasteiger partial charge in [-0.15, -0.1) is 0 Å². The minimum absolute atomic E-state index is 0.00408. The lowest BCUT2D eigenvalue weighted by molar-refractivity contribution is 0.0391. The van der Waals surface area contributed by atoms with E-state index in [1.54, 1.807) is 6.07 Å². The predicted octanol–water partition coefficient (Wildman–Crippen LogP) is 2.34. The predicted molar refractivity (Wildman–Crippen MR) is 87.7 cm³/mol. The molecule has 0 unspecified atom stereocenters. The highest BCUT2D eigenvalue weighted by Gasteiger charge is 2.34. The molecule has 0 bridgehead atoms. The Labute approximate surface area is 146 Å². The quantitative estimate of drug-likeness (QED) is 0.783. The number of esters is 2. The first kappa shape index (κ1) is 17.4. The van der Waals surface area contributed by atoms with Crippen molar-refractivity contribution in [1.82, 2.24) is 0 Å². The number of hydrogen-bond donors (Lipinski definition) is 2. The van der Waals surface area contributed by atoms with E-state index in [2.05, 4.69) is 0 Å². The first-order valence-electron chi connectivity index (χ1n) is 7.83. The Kier molecular flexibility index (Phi) is 4.57. The van der Waals surface area contributed by atoms with Crippen molar-refractivity contribution in [3.63, 3.8) is 0 Å². The molecule has 0 aliphatic carbocycles. The average Bonchev–Trinajstić information content (AvgIpc) is 2.61. The third-order valence-electron chi connectivity index (χ3n) is 4.06. The van der Waals surface area contributed by atoms with E-state index in [9.17, 15) is 29.4 Å². The highest BCUT2D eigenvalue weighted by Crippen LogP contribution is 2.33. The Balaban J connectivity index is 2.51. The summed E-state index contributed by atoms with van der Waals surface area (Å²) >= 11 is 0. The van der Waals surface area contributed by atoms with E-state index in [1.165, 1.54) is 18.2 Å². The first-order chi connectivity index (χ1) is 12.4. The van der Waals surface area contributed by atoms with Gasteiger partial charge >= 0.3 is 23.9 Å². The van der Waals surface area contributed by atoms with E-state index in [-0.39, 0.29) is 29.5 Å². The van der Waals surface area contributed by atoms with Gasteiger partial charge < -0.3 is 19.7 Å². The SMILES string of the molecule is O=C(O)c1c2c(c3ccccc3c1C(=O)O)C(=O)OCCCCOC2=O. The van der Waals surface area contributed by atoms with Gasteiger partial charge in [-0.3, -0.25) is 0 Å². The van der Waals surface area contributed by atoms with Gasteiger partial charge in [0.05, 0.1) is 35.5 Å². The molecule has 8 heteroatoms. The lowest BCUT2D eigenvalue weighted by Crippen LogP contribution is -2.24. The third kappa shape index (κ3) is 2.85. The molecule has 1 aliphatic rings. The normalized spacial score (nSPS) is 14.9. The van der Waals surface area contributed by atoms with E-state index in [0.717, 1.165) is 0 Å². The number of carbonyl (C=O) groups is 4. The molecule has 1 aliphatic heterocycles. The molecule has 0 radical (unpaired) electrons. The van der Waals surface area contributed by atoms with Gasteiger partial charge in [0.25, 0.3) is 0 Å². The van der Waals surface area contributed by atoms with Crippen LogP contribution in [0, 0.1) is 0 Å². The number of hydrogen-bond acceptors (Lipinski definition) is 6. The molecule has 3 rings (SSSR count). The number of aromatic carboxylic acids is 2. The Morgan fingerprint density at radius 1 is 0.769 bits per heavy atom. The van der Waals surface area contributed by atoms with Crippen LogP contribution in [0.15, 0.2) is 24.3 Å². The van der Waals surface area contributed by atoms with E-state index in [0.29, 0.717) is 12.8 Å². The fourth-order valence-electron chi connectivity index (χ4n) is 2.97. The van der Waals surface area contributed by atoms with Crippen LogP contribution in [0.5, 0.6) is 0 Å². The maximum atomic E-state index is 12.6. The lowest BCUT2D eigenvalue weighted by atomic mass is 9.88. The Morgan fingerprint density at radius 2 is 1.27 bits per heavy atom. The molecule has 0 saturated carbocycles. The monoisotopic (exact) mass is 358 g/mol. The van der Waals surface area contributed by atoms with Crippen molar-refractivity contribution in [3.05, 3.63) is 46.5 Å². The van der Waals surface area contributed by atoms with E-state index in [1.807, 2.05) is 0 Å². The van der Waals surface area contributed by atoms with E-state index in [4.69, 9.17) is 9.47 Å². The second-order valence-electron chi connectivity index (χ2n) is 5.63. The van der Waals surface area contributed by atoms with Gasteiger partial charge in [-0.2, -0.15) is 0 Å². The van der Waals surface area contributed by atoms with Crippen LogP contribution in [0.4, 0.5) is 0 Å². The van der Waals surface area contributed by atoms with Crippen molar-refractivity contribution in [2.45, 2.75) is 12.8 Å². The van der Waals surface area contributed by atoms with Gasteiger partial charge in [0.15, 0.2) is 0 Å². The molecule has 0 aromatic heterocycles. The standard InChI is InChI=1S/C18H14O8/c19-15(20)11-9-5-1-2-6-10(9)12-14(13(11)16(21)22)18(24)26-8-4-3-7-25-17(12)23/h1-2,5-6H,3-4,7-8H2,(H,19,20)(H,21,22). The van der Waals surface area contributed by atoms with Gasteiger partial charge in [-0.05, 0) is 23.6 Å². The summed E-state index contributed by atoms with van der Waals surface area (Å²) in [4.78, 5) is 48.7. The highest BCUT2D eigenvalue weighted by molar-refractivity contribution is 6.23. The minimum atomic E-state index is -1.65. The average molecular weight is 358 g/mol. The molecule has 26 heavy (non-hydrogen) atoms. The molecule has 0 atom stereocenters. The zero-order valence-electron chi connectivity index (χ0n) is 13.5. The number of carboxylic acid groups (broad SMARTS) is 2. The first-order valence-corrected chi connectivity index (χ1v) is 7.83. The van der Waals surface area contributed by atoms with Crippen molar-refractivity contribution < 1.29 is 38.9 Å². The fraction of sp³-hybridized carbons (Fsp3) is 0.222. The van der Waals surface area contributed by atoms with Crippen molar-refractivity contribution >= 4 is 34.6 Å². The maximum absolute atomic E-state index is 12.6. The van der Waals surface area contributed by atoms with Gasteiger partial charge in [0, 0.05) is 0 Å². The summed E-state index contributed by atoms with van der Waals surface area (Å²) in [5, 5.41) is 19.3. The van der Waals surface area contributed by atoms with Crippen LogP contribution in [-0.4, -0.2) is 47.3 Å². The van der Waals surface area contributed by atoms with Crippen LogP contribution < -0.4 is 0 Å². The zero-order valence-corrected chi connectivity index (χ0v) is 13.5. The zero-order chi connectivity index (χ0) is 18.8. The van der Waals surface area contributed by atoms with Crippen LogP contribution in [-0.2, 0) is 9.47 Å². The molecule has 0 saturated heterocycles. The molecule has 8 nitrogen and oxygen atoms in total. The number of benzene rings is 2. The van der Waals surface area contributed by atoms with Crippen LogP contribution >= 0.6 is 0 Å². The Hall–Kier alpha value is -3.42. The number of fused-ring (bicyclic) bond motifs is 3. The fourth-order valence-corrected chi connectivity index (χ4v) is 2.97. The second-order valence-corrected chi connectivity index (χ2v) is 5.63. The van der Waals surface area contributed by atoms with E-state index < -0.39 is 40.6 Å². The molecule has 1 heterocycles. The number of carbonyl (C=O) groups excluding carboxylic acids is 2. The molecule has 134 valence electrons. The molecule has 0 fully saturated rings. The summed E-state index contributed by atoms with van der Waals surface area (Å²) in [7, 11) is 0. The van der Waals surface area contributed by atoms with Crippen molar-refractivity contribution in [2.24, 2.45) is 0 Å². The summed E-state index contributed by atoms with van der Waals surface area (Å²) in [6.45, 7) is 0.0807. The summed E-state index contributed by atoms with van der Waals surface area (Å²) in [5.74, 6) is -5.13. The topological polar surface area (TPSA) is 127 Å². The van der Waals surface area contributed by atoms with Crippen LogP contribution in [0.2, 0.25) is 0 Å². The van der Waals surface area contributed by atoms with Crippen LogP contribution in [0.3, 0.4) is 0 Å². The van der Waals surface area contributed by atoms with Gasteiger partial charge in [0.1, 0.15) is 0 Å². The lowest BCUT2D eigenvalue weighted by Gasteiger charge is -2.18.